The molecule has 0 aliphatic carbocycles. The topological polar surface area (TPSA) is 38.0 Å². The van der Waals surface area contributed by atoms with E-state index < -0.39 is 0 Å². The molecular formula is C6H14N2. The van der Waals surface area contributed by atoms with E-state index in [1.807, 2.05) is 0 Å². The Hall–Kier alpha value is -0.0800. The minimum Gasteiger partial charge on any atom is -0.316 e. The fourth-order valence-corrected chi connectivity index (χ4v) is 1.05. The lowest BCUT2D eigenvalue weighted by atomic mass is 9.99. The summed E-state index contributed by atoms with van der Waals surface area (Å²) in [5.41, 5.74) is 5.66. The Kier molecular flexibility index (Phi) is 1.54. The summed E-state index contributed by atoms with van der Waals surface area (Å²) in [6, 6.07) is 0. The Morgan fingerprint density at radius 2 is 2.12 bits per heavy atom. The Balaban J connectivity index is 2.44. The summed E-state index contributed by atoms with van der Waals surface area (Å²) < 4.78 is 0. The first kappa shape index (κ1) is 6.05. The normalized spacial score (nSPS) is 47.6. The predicted octanol–water partition coefficient (Wildman–Crippen LogP) is 0.147. The molecular weight excluding hydrogens is 100 g/mol. The Morgan fingerprint density at radius 1 is 1.50 bits per heavy atom. The van der Waals surface area contributed by atoms with E-state index in [4.69, 9.17) is 5.73 Å². The first-order valence-electron chi connectivity index (χ1n) is 3.21. The second-order valence-corrected chi connectivity index (χ2v) is 2.77. The van der Waals surface area contributed by atoms with Gasteiger partial charge in [-0.1, -0.05) is 13.8 Å². The van der Waals surface area contributed by atoms with E-state index in [0.717, 1.165) is 12.5 Å². The minimum absolute atomic E-state index is 0.241. The highest BCUT2D eigenvalue weighted by Crippen LogP contribution is 2.17. The first-order chi connectivity index (χ1) is 3.72. The van der Waals surface area contributed by atoms with Crippen molar-refractivity contribution in [3.63, 3.8) is 0 Å². The molecule has 0 aromatic rings. The first-order valence-corrected chi connectivity index (χ1v) is 3.21. The van der Waals surface area contributed by atoms with Gasteiger partial charge in [0.1, 0.15) is 0 Å². The van der Waals surface area contributed by atoms with Crippen LogP contribution in [-0.4, -0.2) is 12.7 Å². The molecule has 0 aromatic heterocycles. The number of nitrogens with two attached hydrogens (primary N) is 1. The molecule has 8 heavy (non-hydrogen) atoms. The molecule has 0 radical (unpaired) electrons. The second kappa shape index (κ2) is 2.03. The van der Waals surface area contributed by atoms with Crippen LogP contribution in [0, 0.1) is 11.8 Å². The summed E-state index contributed by atoms with van der Waals surface area (Å²) in [5.74, 6) is 1.40. The molecule has 1 heterocycles. The van der Waals surface area contributed by atoms with Gasteiger partial charge in [-0.15, -0.1) is 0 Å². The number of hydrogen-bond donors (Lipinski definition) is 2. The lowest BCUT2D eigenvalue weighted by Gasteiger charge is -2.10. The van der Waals surface area contributed by atoms with Gasteiger partial charge in [0.25, 0.3) is 0 Å². The zero-order valence-corrected chi connectivity index (χ0v) is 5.52. The lowest BCUT2D eigenvalue weighted by molar-refractivity contribution is 0.424. The molecule has 1 aliphatic heterocycles. The molecule has 0 bridgehead atoms. The molecule has 0 saturated carbocycles. The second-order valence-electron chi connectivity index (χ2n) is 2.77. The van der Waals surface area contributed by atoms with Crippen LogP contribution in [0.1, 0.15) is 13.8 Å². The van der Waals surface area contributed by atoms with Crippen molar-refractivity contribution in [3.05, 3.63) is 0 Å². The molecule has 2 heteroatoms. The van der Waals surface area contributed by atoms with Gasteiger partial charge >= 0.3 is 0 Å². The van der Waals surface area contributed by atoms with E-state index in [1.54, 1.807) is 0 Å². The molecule has 1 saturated heterocycles. The van der Waals surface area contributed by atoms with Gasteiger partial charge in [0.2, 0.25) is 0 Å². The van der Waals surface area contributed by atoms with E-state index in [1.165, 1.54) is 0 Å². The van der Waals surface area contributed by atoms with Crippen LogP contribution in [0.5, 0.6) is 0 Å². The van der Waals surface area contributed by atoms with Crippen LogP contribution in [0.25, 0.3) is 0 Å². The van der Waals surface area contributed by atoms with Crippen molar-refractivity contribution >= 4 is 0 Å². The molecule has 2 nitrogen and oxygen atoms in total. The highest BCUT2D eigenvalue weighted by molar-refractivity contribution is 4.80. The fourth-order valence-electron chi connectivity index (χ4n) is 1.05. The van der Waals surface area contributed by atoms with E-state index in [9.17, 15) is 0 Å². The summed E-state index contributed by atoms with van der Waals surface area (Å²) in [4.78, 5) is 0. The van der Waals surface area contributed by atoms with Crippen molar-refractivity contribution in [2.45, 2.75) is 20.0 Å². The molecule has 3 N–H and O–H groups in total. The van der Waals surface area contributed by atoms with Gasteiger partial charge in [-0.25, -0.2) is 0 Å². The van der Waals surface area contributed by atoms with E-state index >= 15 is 0 Å². The van der Waals surface area contributed by atoms with Crippen LogP contribution in [-0.2, 0) is 0 Å². The Morgan fingerprint density at radius 3 is 2.25 bits per heavy atom. The van der Waals surface area contributed by atoms with Crippen LogP contribution in [0.3, 0.4) is 0 Å². The molecule has 48 valence electrons. The van der Waals surface area contributed by atoms with Crippen molar-refractivity contribution in [2.75, 3.05) is 6.54 Å². The molecule has 1 fully saturated rings. The van der Waals surface area contributed by atoms with Crippen LogP contribution in [0.4, 0.5) is 0 Å². The van der Waals surface area contributed by atoms with Gasteiger partial charge in [0.15, 0.2) is 0 Å². The fraction of sp³-hybridized carbons (Fsp3) is 1.00. The SMILES string of the molecule is CC1C(N)NC[C@H]1C. The molecule has 3 atom stereocenters. The van der Waals surface area contributed by atoms with E-state index in [2.05, 4.69) is 19.2 Å². The third-order valence-electron chi connectivity index (χ3n) is 2.14. The molecule has 0 amide bonds. The van der Waals surface area contributed by atoms with Gasteiger partial charge in [0.05, 0.1) is 6.17 Å². The summed E-state index contributed by atoms with van der Waals surface area (Å²) in [6.07, 6.45) is 0.241. The van der Waals surface area contributed by atoms with Gasteiger partial charge in [-0.05, 0) is 18.4 Å². The molecule has 0 spiro atoms. The Labute approximate surface area is 50.4 Å². The largest absolute Gasteiger partial charge is 0.316 e. The van der Waals surface area contributed by atoms with E-state index in [-0.39, 0.29) is 6.17 Å². The standard InChI is InChI=1S/C6H14N2/c1-4-3-8-6(7)5(4)2/h4-6,8H,3,7H2,1-2H3/t4-,5?,6?/m1/s1. The number of hydrogen-bond acceptors (Lipinski definition) is 2. The number of rotatable bonds is 0. The van der Waals surface area contributed by atoms with Crippen molar-refractivity contribution in [2.24, 2.45) is 17.6 Å². The maximum absolute atomic E-state index is 5.66. The van der Waals surface area contributed by atoms with Gasteiger partial charge in [-0.2, -0.15) is 0 Å². The minimum atomic E-state index is 0.241. The smallest absolute Gasteiger partial charge is 0.0575 e. The predicted molar refractivity (Wildman–Crippen MR) is 34.3 cm³/mol. The summed E-state index contributed by atoms with van der Waals surface area (Å²) >= 11 is 0. The lowest BCUT2D eigenvalue weighted by Crippen LogP contribution is -2.34. The third kappa shape index (κ3) is 0.858. The monoisotopic (exact) mass is 114 g/mol. The van der Waals surface area contributed by atoms with Crippen LogP contribution in [0.15, 0.2) is 0 Å². The van der Waals surface area contributed by atoms with E-state index in [0.29, 0.717) is 5.92 Å². The highest BCUT2D eigenvalue weighted by Gasteiger charge is 2.25. The molecule has 0 aromatic carbocycles. The number of nitrogens with one attached hydrogen (secondary N) is 1. The zero-order chi connectivity index (χ0) is 6.15. The van der Waals surface area contributed by atoms with Crippen LogP contribution < -0.4 is 11.1 Å². The summed E-state index contributed by atoms with van der Waals surface area (Å²) in [7, 11) is 0. The highest BCUT2D eigenvalue weighted by atomic mass is 15.1. The third-order valence-corrected chi connectivity index (χ3v) is 2.14. The molecule has 1 rings (SSSR count). The van der Waals surface area contributed by atoms with Gasteiger partial charge in [-0.3, -0.25) is 0 Å². The average Bonchev–Trinajstić information content (AvgIpc) is 1.98. The quantitative estimate of drug-likeness (QED) is 0.470. The van der Waals surface area contributed by atoms with Crippen molar-refractivity contribution in [3.8, 4) is 0 Å². The Bertz CT molecular complexity index is 72.6. The molecule has 1 aliphatic rings. The summed E-state index contributed by atoms with van der Waals surface area (Å²) in [6.45, 7) is 5.50. The van der Waals surface area contributed by atoms with Gasteiger partial charge < -0.3 is 11.1 Å². The summed E-state index contributed by atoms with van der Waals surface area (Å²) in [5, 5.41) is 3.20. The van der Waals surface area contributed by atoms with Crippen molar-refractivity contribution in [1.82, 2.24) is 5.32 Å². The maximum Gasteiger partial charge on any atom is 0.0575 e. The maximum atomic E-state index is 5.66. The zero-order valence-electron chi connectivity index (χ0n) is 5.52. The van der Waals surface area contributed by atoms with Crippen LogP contribution in [0.2, 0.25) is 0 Å². The van der Waals surface area contributed by atoms with Crippen molar-refractivity contribution in [1.29, 1.82) is 0 Å². The molecule has 2 unspecified atom stereocenters. The van der Waals surface area contributed by atoms with Gasteiger partial charge in [0, 0.05) is 0 Å². The van der Waals surface area contributed by atoms with Crippen molar-refractivity contribution < 1.29 is 0 Å². The average molecular weight is 114 g/mol. The van der Waals surface area contributed by atoms with Crippen LogP contribution >= 0.6 is 0 Å².